The van der Waals surface area contributed by atoms with Gasteiger partial charge >= 0.3 is 0 Å². The summed E-state index contributed by atoms with van der Waals surface area (Å²) >= 11 is 0. The molecule has 2 aromatic heterocycles. The van der Waals surface area contributed by atoms with Crippen LogP contribution in [0.1, 0.15) is 0 Å². The number of pyridine rings is 1. The Labute approximate surface area is 175 Å². The fraction of sp³-hybridized carbons (Fsp3) is 0.278. The number of benzene rings is 1. The largest absolute Gasteiger partial charge is 0.394 e. The summed E-state index contributed by atoms with van der Waals surface area (Å²) in [6.07, 6.45) is 0.862. The Bertz CT molecular complexity index is 1370. The van der Waals surface area contributed by atoms with Gasteiger partial charge < -0.3 is 15.5 Å². The molecule has 166 valence electrons. The number of hydrogen-bond acceptors (Lipinski definition) is 8. The van der Waals surface area contributed by atoms with Crippen LogP contribution in [0.2, 0.25) is 0 Å². The first-order valence-electron chi connectivity index (χ1n) is 8.92. The number of nitrogens with one attached hydrogen (secondary N) is 2. The third kappa shape index (κ3) is 4.90. The van der Waals surface area contributed by atoms with Gasteiger partial charge in [0, 0.05) is 19.2 Å². The van der Waals surface area contributed by atoms with Crippen LogP contribution in [0.5, 0.6) is 0 Å². The molecule has 13 heteroatoms. The lowest BCUT2D eigenvalue weighted by Crippen LogP contribution is -2.31. The second kappa shape index (κ2) is 8.45. The molecule has 3 aromatic rings. The van der Waals surface area contributed by atoms with Gasteiger partial charge in [0.2, 0.25) is 10.0 Å². The summed E-state index contributed by atoms with van der Waals surface area (Å²) in [5.41, 5.74) is -1.23. The molecule has 0 amide bonds. The summed E-state index contributed by atoms with van der Waals surface area (Å²) in [5, 5.41) is 21.3. The topological polar surface area (TPSA) is 156 Å². The van der Waals surface area contributed by atoms with Crippen molar-refractivity contribution in [2.24, 2.45) is 7.05 Å². The van der Waals surface area contributed by atoms with E-state index in [2.05, 4.69) is 15.0 Å². The molecule has 1 unspecified atom stereocenters. The maximum atomic E-state index is 14.5. The van der Waals surface area contributed by atoms with Crippen LogP contribution in [0.15, 0.2) is 40.2 Å². The molecule has 0 fully saturated rings. The first kappa shape index (κ1) is 22.4. The van der Waals surface area contributed by atoms with Gasteiger partial charge in [-0.1, -0.05) is 0 Å². The van der Waals surface area contributed by atoms with E-state index in [4.69, 9.17) is 5.11 Å². The third-order valence-electron chi connectivity index (χ3n) is 4.36. The van der Waals surface area contributed by atoms with Crippen LogP contribution in [-0.2, 0) is 23.6 Å². The van der Waals surface area contributed by atoms with E-state index in [0.29, 0.717) is 0 Å². The third-order valence-corrected chi connectivity index (χ3v) is 4.97. The number of aliphatic hydroxyl groups excluding tert-OH is 2. The maximum absolute atomic E-state index is 14.5. The lowest BCUT2D eigenvalue weighted by atomic mass is 10.2. The quantitative estimate of drug-likeness (QED) is 0.380. The molecule has 4 N–H and O–H groups in total. The highest BCUT2D eigenvalue weighted by molar-refractivity contribution is 7.92. The number of aliphatic hydroxyl groups is 2. The summed E-state index contributed by atoms with van der Waals surface area (Å²) in [4.78, 5) is 29.3. The number of aryl methyl sites for hydroxylation is 1. The van der Waals surface area contributed by atoms with Crippen LogP contribution in [0, 0.1) is 5.82 Å². The number of nitrogens with zero attached hydrogens (tertiary/aromatic N) is 3. The fourth-order valence-electron chi connectivity index (χ4n) is 2.92. The van der Waals surface area contributed by atoms with Crippen LogP contribution >= 0.6 is 0 Å². The monoisotopic (exact) mass is 453 g/mol. The number of rotatable bonds is 7. The van der Waals surface area contributed by atoms with Crippen molar-refractivity contribution in [2.45, 2.75) is 12.6 Å². The zero-order chi connectivity index (χ0) is 22.9. The predicted molar refractivity (Wildman–Crippen MR) is 112 cm³/mol. The van der Waals surface area contributed by atoms with Crippen molar-refractivity contribution >= 4 is 38.1 Å². The van der Waals surface area contributed by atoms with Crippen molar-refractivity contribution in [1.29, 1.82) is 0 Å². The first-order chi connectivity index (χ1) is 14.5. The van der Waals surface area contributed by atoms with Crippen molar-refractivity contribution in [3.05, 3.63) is 57.1 Å². The first-order valence-corrected chi connectivity index (χ1v) is 10.8. The summed E-state index contributed by atoms with van der Waals surface area (Å²) < 4.78 is 41.5. The molecular weight excluding hydrogens is 433 g/mol. The number of sulfonamides is 1. The molecule has 31 heavy (non-hydrogen) atoms. The van der Waals surface area contributed by atoms with Gasteiger partial charge in [-0.05, 0) is 12.1 Å². The van der Waals surface area contributed by atoms with Crippen LogP contribution in [0.3, 0.4) is 0 Å². The summed E-state index contributed by atoms with van der Waals surface area (Å²) in [7, 11) is -2.18. The summed E-state index contributed by atoms with van der Waals surface area (Å²) in [6, 6.07) is 4.60. The Morgan fingerprint density at radius 3 is 2.55 bits per heavy atom. The van der Waals surface area contributed by atoms with Crippen LogP contribution in [-0.4, -0.2) is 51.7 Å². The molecule has 11 nitrogen and oxygen atoms in total. The van der Waals surface area contributed by atoms with E-state index >= 15 is 0 Å². The number of anilines is 3. The van der Waals surface area contributed by atoms with Gasteiger partial charge in [-0.2, -0.15) is 0 Å². The maximum Gasteiger partial charge on any atom is 0.264 e. The van der Waals surface area contributed by atoms with Crippen molar-refractivity contribution in [3.63, 3.8) is 0 Å². The number of hydrogen-bond donors (Lipinski definition) is 4. The predicted octanol–water partition coefficient (Wildman–Crippen LogP) is -0.297. The Hall–Kier alpha value is -3.29. The molecule has 0 saturated carbocycles. The molecule has 1 aromatic carbocycles. The highest BCUT2D eigenvalue weighted by Crippen LogP contribution is 2.25. The Balaban J connectivity index is 2.11. The van der Waals surface area contributed by atoms with Crippen molar-refractivity contribution in [3.8, 4) is 0 Å². The molecule has 2 heterocycles. The standard InChI is InChI=1S/C18H20FN5O6S/c1-23-15(27)6-14(16-17(23)20-9-24(18(16)28)7-11(26)8-25)21-13-4-3-10(5-12(13)19)22-31(2,29)30/h3-6,9,11,21-22,25-26H,7-8H2,1-2H3. The average Bonchev–Trinajstić information content (AvgIpc) is 2.68. The SMILES string of the molecule is Cn1c(=O)cc(Nc2ccc(NS(C)(=O)=O)cc2F)c2c(=O)n(CC(O)CO)cnc21. The summed E-state index contributed by atoms with van der Waals surface area (Å²) in [6.45, 7) is -0.803. The van der Waals surface area contributed by atoms with E-state index in [1.165, 1.54) is 19.2 Å². The highest BCUT2D eigenvalue weighted by atomic mass is 32.2. The molecule has 0 saturated heterocycles. The second-order valence-corrected chi connectivity index (χ2v) is 8.63. The van der Waals surface area contributed by atoms with Gasteiger partial charge in [0.1, 0.15) is 11.2 Å². The minimum atomic E-state index is -3.60. The van der Waals surface area contributed by atoms with Gasteiger partial charge in [0.05, 0.1) is 48.9 Å². The van der Waals surface area contributed by atoms with Crippen LogP contribution in [0.25, 0.3) is 11.0 Å². The number of fused-ring (bicyclic) bond motifs is 1. The van der Waals surface area contributed by atoms with Gasteiger partial charge in [0.15, 0.2) is 5.65 Å². The molecule has 0 spiro atoms. The van der Waals surface area contributed by atoms with Gasteiger partial charge in [0.25, 0.3) is 11.1 Å². The van der Waals surface area contributed by atoms with Gasteiger partial charge in [-0.25, -0.2) is 17.8 Å². The number of aromatic nitrogens is 3. The van der Waals surface area contributed by atoms with E-state index in [0.717, 1.165) is 33.9 Å². The van der Waals surface area contributed by atoms with Crippen molar-refractivity contribution in [2.75, 3.05) is 22.9 Å². The smallest absolute Gasteiger partial charge is 0.264 e. The van der Waals surface area contributed by atoms with Crippen LogP contribution < -0.4 is 21.2 Å². The van der Waals surface area contributed by atoms with Crippen molar-refractivity contribution in [1.82, 2.24) is 14.1 Å². The zero-order valence-electron chi connectivity index (χ0n) is 16.5. The fourth-order valence-corrected chi connectivity index (χ4v) is 3.48. The molecular formula is C18H20FN5O6S. The van der Waals surface area contributed by atoms with Gasteiger partial charge in [-0.3, -0.25) is 23.4 Å². The summed E-state index contributed by atoms with van der Waals surface area (Å²) in [5.74, 6) is -0.831. The van der Waals surface area contributed by atoms with E-state index in [9.17, 15) is 27.5 Å². The van der Waals surface area contributed by atoms with Gasteiger partial charge in [-0.15, -0.1) is 0 Å². The van der Waals surface area contributed by atoms with Crippen molar-refractivity contribution < 1.29 is 23.0 Å². The minimum absolute atomic E-state index is 0.00129. The average molecular weight is 453 g/mol. The molecule has 3 rings (SSSR count). The number of halogens is 1. The molecule has 0 radical (unpaired) electrons. The zero-order valence-corrected chi connectivity index (χ0v) is 17.4. The van der Waals surface area contributed by atoms with E-state index in [-0.39, 0.29) is 34.6 Å². The minimum Gasteiger partial charge on any atom is -0.394 e. The van der Waals surface area contributed by atoms with E-state index in [1.807, 2.05) is 0 Å². The lowest BCUT2D eigenvalue weighted by molar-refractivity contribution is 0.0802. The lowest BCUT2D eigenvalue weighted by Gasteiger charge is -2.15. The van der Waals surface area contributed by atoms with E-state index < -0.39 is 39.7 Å². The Kier molecular flexibility index (Phi) is 6.10. The Morgan fingerprint density at radius 1 is 1.23 bits per heavy atom. The molecule has 0 aliphatic heterocycles. The molecule has 0 aliphatic carbocycles. The molecule has 0 aliphatic rings. The normalized spacial score (nSPS) is 12.7. The molecule has 1 atom stereocenters. The second-order valence-electron chi connectivity index (χ2n) is 6.89. The Morgan fingerprint density at radius 2 is 1.94 bits per heavy atom. The van der Waals surface area contributed by atoms with E-state index in [1.54, 1.807) is 0 Å². The molecule has 0 bridgehead atoms. The highest BCUT2D eigenvalue weighted by Gasteiger charge is 2.17. The van der Waals surface area contributed by atoms with Crippen LogP contribution in [0.4, 0.5) is 21.5 Å².